The largest absolute Gasteiger partial charge is 0.353 e. The highest BCUT2D eigenvalue weighted by Gasteiger charge is 2.24. The summed E-state index contributed by atoms with van der Waals surface area (Å²) in [7, 11) is 0. The van der Waals surface area contributed by atoms with Crippen LogP contribution in [-0.2, 0) is 6.42 Å². The van der Waals surface area contributed by atoms with Gasteiger partial charge in [0.25, 0.3) is 11.8 Å². The number of piperazine rings is 1. The molecule has 1 aliphatic rings. The van der Waals surface area contributed by atoms with E-state index in [1.807, 2.05) is 59.5 Å². The van der Waals surface area contributed by atoms with Gasteiger partial charge in [-0.1, -0.05) is 49.4 Å². The number of pyridine rings is 1. The summed E-state index contributed by atoms with van der Waals surface area (Å²) in [6.45, 7) is 5.41. The molecule has 2 heterocycles. The summed E-state index contributed by atoms with van der Waals surface area (Å²) in [5, 5.41) is 3.02. The number of nitrogens with one attached hydrogen (secondary N) is 1. The lowest BCUT2D eigenvalue weighted by molar-refractivity contribution is 0.0745. The van der Waals surface area contributed by atoms with Crippen LogP contribution in [0, 0.1) is 5.92 Å². The van der Waals surface area contributed by atoms with Gasteiger partial charge in [0.15, 0.2) is 0 Å². The van der Waals surface area contributed by atoms with E-state index in [2.05, 4.69) is 50.2 Å². The number of hydrogen-bond acceptors (Lipinski definition) is 4. The van der Waals surface area contributed by atoms with Gasteiger partial charge in [-0.2, -0.15) is 0 Å². The number of nitrogens with zero attached hydrogens (tertiary/aromatic N) is 3. The molecule has 1 aliphatic heterocycles. The topological polar surface area (TPSA) is 65.5 Å². The van der Waals surface area contributed by atoms with E-state index >= 15 is 0 Å². The SMILES string of the molecule is CC(CNC(=O)c1ccc(N2CCN(C(=O)c3ccccc3Br)CC2)nc1)Cc1ccccc1. The van der Waals surface area contributed by atoms with Crippen molar-refractivity contribution in [1.29, 1.82) is 0 Å². The monoisotopic (exact) mass is 520 g/mol. The van der Waals surface area contributed by atoms with Gasteiger partial charge in [-0.3, -0.25) is 9.59 Å². The van der Waals surface area contributed by atoms with Crippen LogP contribution in [0.2, 0.25) is 0 Å². The standard InChI is InChI=1S/C27H29BrN4O2/c1-20(17-21-7-3-2-4-8-21)18-30-26(33)22-11-12-25(29-19-22)31-13-15-32(16-14-31)27(34)23-9-5-6-10-24(23)28/h2-12,19-20H,13-18H2,1H3,(H,30,33). The first-order valence-corrected chi connectivity index (χ1v) is 12.4. The molecule has 1 saturated heterocycles. The van der Waals surface area contributed by atoms with Crippen LogP contribution in [0.3, 0.4) is 0 Å². The van der Waals surface area contributed by atoms with Crippen LogP contribution in [0.25, 0.3) is 0 Å². The molecular formula is C27H29BrN4O2. The molecule has 0 aliphatic carbocycles. The minimum Gasteiger partial charge on any atom is -0.353 e. The normalized spacial score (nSPS) is 14.5. The van der Waals surface area contributed by atoms with E-state index in [-0.39, 0.29) is 11.8 Å². The van der Waals surface area contributed by atoms with Crippen LogP contribution in [0.15, 0.2) is 77.4 Å². The number of carbonyl (C=O) groups is 2. The zero-order valence-corrected chi connectivity index (χ0v) is 20.9. The number of rotatable bonds is 7. The van der Waals surface area contributed by atoms with E-state index in [1.54, 1.807) is 6.20 Å². The lowest BCUT2D eigenvalue weighted by Crippen LogP contribution is -2.49. The zero-order chi connectivity index (χ0) is 23.9. The molecule has 7 heteroatoms. The number of carbonyl (C=O) groups excluding carboxylic acids is 2. The van der Waals surface area contributed by atoms with Gasteiger partial charge in [-0.15, -0.1) is 0 Å². The molecule has 1 N–H and O–H groups in total. The summed E-state index contributed by atoms with van der Waals surface area (Å²) in [6.07, 6.45) is 2.55. The molecule has 1 fully saturated rings. The van der Waals surface area contributed by atoms with E-state index in [9.17, 15) is 9.59 Å². The second-order valence-corrected chi connectivity index (χ2v) is 9.52. The molecular weight excluding hydrogens is 492 g/mol. The first-order chi connectivity index (χ1) is 16.5. The Kier molecular flexibility index (Phi) is 7.95. The molecule has 1 aromatic heterocycles. The molecule has 0 bridgehead atoms. The third-order valence-electron chi connectivity index (χ3n) is 6.04. The van der Waals surface area contributed by atoms with E-state index in [0.717, 1.165) is 16.7 Å². The predicted octanol–water partition coefficient (Wildman–Crippen LogP) is 4.42. The molecule has 0 spiro atoms. The Morgan fingerprint density at radius 1 is 0.971 bits per heavy atom. The van der Waals surface area contributed by atoms with E-state index in [1.165, 1.54) is 5.56 Å². The molecule has 0 saturated carbocycles. The average Bonchev–Trinajstić information content (AvgIpc) is 2.88. The summed E-state index contributed by atoms with van der Waals surface area (Å²) in [5.74, 6) is 1.09. The zero-order valence-electron chi connectivity index (χ0n) is 19.3. The van der Waals surface area contributed by atoms with Crippen molar-refractivity contribution in [2.45, 2.75) is 13.3 Å². The van der Waals surface area contributed by atoms with Gasteiger partial charge >= 0.3 is 0 Å². The molecule has 2 aromatic carbocycles. The van der Waals surface area contributed by atoms with Gasteiger partial charge in [-0.25, -0.2) is 4.98 Å². The van der Waals surface area contributed by atoms with Gasteiger partial charge in [0.2, 0.25) is 0 Å². The molecule has 2 amide bonds. The summed E-state index contributed by atoms with van der Waals surface area (Å²) in [4.78, 5) is 33.9. The van der Waals surface area contributed by atoms with Crippen molar-refractivity contribution in [2.75, 3.05) is 37.6 Å². The molecule has 1 unspecified atom stereocenters. The van der Waals surface area contributed by atoms with Crippen molar-refractivity contribution >= 4 is 33.6 Å². The van der Waals surface area contributed by atoms with Crippen molar-refractivity contribution in [3.05, 3.63) is 94.1 Å². The highest BCUT2D eigenvalue weighted by Crippen LogP contribution is 2.20. The van der Waals surface area contributed by atoms with Gasteiger partial charge in [0.1, 0.15) is 5.82 Å². The third kappa shape index (κ3) is 6.03. The lowest BCUT2D eigenvalue weighted by atomic mass is 10.0. The first-order valence-electron chi connectivity index (χ1n) is 11.6. The molecule has 176 valence electrons. The van der Waals surface area contributed by atoms with Gasteiger partial charge in [-0.05, 0) is 58.1 Å². The molecule has 34 heavy (non-hydrogen) atoms. The molecule has 1 atom stereocenters. The number of anilines is 1. The summed E-state index contributed by atoms with van der Waals surface area (Å²) < 4.78 is 0.812. The molecule has 4 rings (SSSR count). The average molecular weight is 521 g/mol. The highest BCUT2D eigenvalue weighted by atomic mass is 79.9. The maximum Gasteiger partial charge on any atom is 0.255 e. The van der Waals surface area contributed by atoms with Crippen molar-refractivity contribution < 1.29 is 9.59 Å². The van der Waals surface area contributed by atoms with Crippen LogP contribution >= 0.6 is 15.9 Å². The molecule has 6 nitrogen and oxygen atoms in total. The fraction of sp³-hybridized carbons (Fsp3) is 0.296. The fourth-order valence-corrected chi connectivity index (χ4v) is 4.56. The lowest BCUT2D eigenvalue weighted by Gasteiger charge is -2.35. The Balaban J connectivity index is 1.26. The van der Waals surface area contributed by atoms with Crippen molar-refractivity contribution in [3.8, 4) is 0 Å². The van der Waals surface area contributed by atoms with Crippen molar-refractivity contribution in [1.82, 2.24) is 15.2 Å². The fourth-order valence-electron chi connectivity index (χ4n) is 4.11. The van der Waals surface area contributed by atoms with Crippen LogP contribution < -0.4 is 10.2 Å². The van der Waals surface area contributed by atoms with Crippen molar-refractivity contribution in [2.24, 2.45) is 5.92 Å². The predicted molar refractivity (Wildman–Crippen MR) is 138 cm³/mol. The summed E-state index contributed by atoms with van der Waals surface area (Å²) in [6, 6.07) is 21.5. The number of hydrogen-bond donors (Lipinski definition) is 1. The van der Waals surface area contributed by atoms with Crippen LogP contribution in [0.5, 0.6) is 0 Å². The van der Waals surface area contributed by atoms with Gasteiger partial charge in [0.05, 0.1) is 11.1 Å². The summed E-state index contributed by atoms with van der Waals surface area (Å²) >= 11 is 3.46. The van der Waals surface area contributed by atoms with Crippen LogP contribution in [-0.4, -0.2) is 54.4 Å². The maximum absolute atomic E-state index is 12.8. The first kappa shape index (κ1) is 24.0. The number of halogens is 1. The number of amides is 2. The number of aromatic nitrogens is 1. The summed E-state index contributed by atoms with van der Waals surface area (Å²) in [5.41, 5.74) is 2.51. The minimum atomic E-state index is -0.109. The van der Waals surface area contributed by atoms with E-state index < -0.39 is 0 Å². The van der Waals surface area contributed by atoms with E-state index in [0.29, 0.717) is 49.8 Å². The quantitative estimate of drug-likeness (QED) is 0.500. The Morgan fingerprint density at radius 3 is 2.35 bits per heavy atom. The minimum absolute atomic E-state index is 0.0357. The molecule has 0 radical (unpaired) electrons. The second-order valence-electron chi connectivity index (χ2n) is 8.67. The van der Waals surface area contributed by atoms with Crippen molar-refractivity contribution in [3.63, 3.8) is 0 Å². The van der Waals surface area contributed by atoms with Crippen LogP contribution in [0.4, 0.5) is 5.82 Å². The Labute approximate surface area is 209 Å². The Morgan fingerprint density at radius 2 is 1.68 bits per heavy atom. The second kappa shape index (κ2) is 11.3. The Bertz CT molecular complexity index is 1110. The van der Waals surface area contributed by atoms with E-state index in [4.69, 9.17) is 0 Å². The molecule has 3 aromatic rings. The maximum atomic E-state index is 12.8. The van der Waals surface area contributed by atoms with Gasteiger partial charge < -0.3 is 15.1 Å². The Hall–Kier alpha value is -3.19. The number of benzene rings is 2. The van der Waals surface area contributed by atoms with Gasteiger partial charge in [0, 0.05) is 43.4 Å². The van der Waals surface area contributed by atoms with Crippen LogP contribution in [0.1, 0.15) is 33.2 Å². The third-order valence-corrected chi connectivity index (χ3v) is 6.73. The highest BCUT2D eigenvalue weighted by molar-refractivity contribution is 9.10. The smallest absolute Gasteiger partial charge is 0.255 e.